The Morgan fingerprint density at radius 3 is 2.40 bits per heavy atom. The lowest BCUT2D eigenvalue weighted by Gasteiger charge is -2.12. The summed E-state index contributed by atoms with van der Waals surface area (Å²) in [6.07, 6.45) is 16.6. The molecule has 0 aliphatic heterocycles. The average Bonchev–Trinajstić information content (AvgIpc) is 3.02. The molecule has 0 fully saturated rings. The Kier molecular flexibility index (Phi) is 14.7. The molecule has 0 radical (unpaired) electrons. The van der Waals surface area contributed by atoms with Crippen LogP contribution in [0.15, 0.2) is 96.2 Å². The van der Waals surface area contributed by atoms with E-state index in [1.807, 2.05) is 85.0 Å². The molecule has 0 aromatic heterocycles. The number of methoxy groups -OCH3 is 1. The van der Waals surface area contributed by atoms with Crippen LogP contribution < -0.4 is 14.8 Å². The summed E-state index contributed by atoms with van der Waals surface area (Å²) in [5, 5.41) is 13.7. The molecule has 0 spiro atoms. The molecule has 0 saturated carbocycles. The average molecular weight is 569 g/mol. The molecule has 6 nitrogen and oxygen atoms in total. The summed E-state index contributed by atoms with van der Waals surface area (Å²) in [4.78, 5) is 4.25. The predicted molar refractivity (Wildman–Crippen MR) is 176 cm³/mol. The molecular weight excluding hydrogens is 524 g/mol. The number of nitrogens with one attached hydrogen (secondary N) is 1. The Morgan fingerprint density at radius 1 is 0.881 bits per heavy atom. The van der Waals surface area contributed by atoms with Gasteiger partial charge in [0.2, 0.25) is 0 Å². The quantitative estimate of drug-likeness (QED) is 0.0916. The van der Waals surface area contributed by atoms with Gasteiger partial charge < -0.3 is 24.6 Å². The second-order valence-corrected chi connectivity index (χ2v) is 9.70. The molecular formula is C36H44N2O4. The van der Waals surface area contributed by atoms with Crippen molar-refractivity contribution in [1.29, 1.82) is 0 Å². The van der Waals surface area contributed by atoms with Crippen molar-refractivity contribution in [2.75, 3.05) is 32.2 Å². The summed E-state index contributed by atoms with van der Waals surface area (Å²) in [7, 11) is 1.64. The van der Waals surface area contributed by atoms with Gasteiger partial charge in [-0.2, -0.15) is 0 Å². The van der Waals surface area contributed by atoms with Crippen LogP contribution >= 0.6 is 0 Å². The van der Waals surface area contributed by atoms with Gasteiger partial charge in [0.05, 0.1) is 13.7 Å². The first-order chi connectivity index (χ1) is 20.6. The minimum absolute atomic E-state index is 0.532. The lowest BCUT2D eigenvalue weighted by atomic mass is 10.0. The second-order valence-electron chi connectivity index (χ2n) is 9.70. The number of anilines is 1. The van der Waals surface area contributed by atoms with Crippen LogP contribution in [0.25, 0.3) is 23.3 Å². The molecule has 2 N–H and O–H groups in total. The van der Waals surface area contributed by atoms with Gasteiger partial charge in [0, 0.05) is 30.3 Å². The van der Waals surface area contributed by atoms with E-state index in [0.29, 0.717) is 13.2 Å². The van der Waals surface area contributed by atoms with E-state index in [4.69, 9.17) is 14.2 Å². The van der Waals surface area contributed by atoms with Gasteiger partial charge in [0.25, 0.3) is 0 Å². The summed E-state index contributed by atoms with van der Waals surface area (Å²) in [5.41, 5.74) is 4.80. The zero-order valence-corrected chi connectivity index (χ0v) is 25.0. The van der Waals surface area contributed by atoms with E-state index >= 15 is 0 Å². The Hall–Kier alpha value is -4.13. The van der Waals surface area contributed by atoms with Crippen LogP contribution in [0.1, 0.15) is 50.7 Å². The maximum atomic E-state index is 10.6. The summed E-state index contributed by atoms with van der Waals surface area (Å²) in [6, 6.07) is 21.8. The van der Waals surface area contributed by atoms with Crippen LogP contribution in [0.4, 0.5) is 5.69 Å². The van der Waals surface area contributed by atoms with Gasteiger partial charge >= 0.3 is 0 Å². The predicted octanol–water partition coefficient (Wildman–Crippen LogP) is 8.40. The fourth-order valence-corrected chi connectivity index (χ4v) is 4.01. The number of ether oxygens (including phenoxy) is 3. The van der Waals surface area contributed by atoms with Gasteiger partial charge in [-0.25, -0.2) is 0 Å². The van der Waals surface area contributed by atoms with Crippen molar-refractivity contribution in [3.63, 3.8) is 0 Å². The van der Waals surface area contributed by atoms with Gasteiger partial charge in [-0.05, 0) is 84.2 Å². The Bertz CT molecular complexity index is 1290. The minimum Gasteiger partial charge on any atom is -0.496 e. The third-order valence-electron chi connectivity index (χ3n) is 6.36. The van der Waals surface area contributed by atoms with E-state index in [9.17, 15) is 5.11 Å². The Balaban J connectivity index is 1.55. The molecule has 3 aromatic rings. The largest absolute Gasteiger partial charge is 0.496 e. The van der Waals surface area contributed by atoms with Crippen molar-refractivity contribution < 1.29 is 19.3 Å². The number of aliphatic imine (C=N–C) groups is 1. The van der Waals surface area contributed by atoms with Crippen LogP contribution in [0.5, 0.6) is 11.5 Å². The molecule has 0 amide bonds. The van der Waals surface area contributed by atoms with Gasteiger partial charge in [-0.3, -0.25) is 4.99 Å². The van der Waals surface area contributed by atoms with Crippen molar-refractivity contribution in [2.45, 2.75) is 45.8 Å². The Labute approximate surface area is 251 Å². The maximum absolute atomic E-state index is 10.6. The third kappa shape index (κ3) is 11.8. The number of hydrogen-bond donors (Lipinski definition) is 2. The molecule has 222 valence electrons. The summed E-state index contributed by atoms with van der Waals surface area (Å²) >= 11 is 0. The highest BCUT2D eigenvalue weighted by Crippen LogP contribution is 2.29. The molecule has 0 aliphatic carbocycles. The maximum Gasteiger partial charge on any atom is 0.144 e. The molecule has 0 heterocycles. The van der Waals surface area contributed by atoms with Crippen LogP contribution in [-0.4, -0.2) is 44.5 Å². The summed E-state index contributed by atoms with van der Waals surface area (Å²) < 4.78 is 16.9. The van der Waals surface area contributed by atoms with Gasteiger partial charge in [-0.1, -0.05) is 69.2 Å². The van der Waals surface area contributed by atoms with Gasteiger partial charge in [0.15, 0.2) is 0 Å². The van der Waals surface area contributed by atoms with E-state index in [0.717, 1.165) is 71.7 Å². The molecule has 6 heteroatoms. The second kappa shape index (κ2) is 19.1. The number of benzene rings is 3. The Morgan fingerprint density at radius 2 is 1.67 bits per heavy atom. The number of allylic oxidation sites excluding steroid dienone is 2. The number of hydrogen-bond acceptors (Lipinski definition) is 6. The smallest absolute Gasteiger partial charge is 0.144 e. The number of aliphatic hydroxyl groups excluding tert-OH is 1. The van der Waals surface area contributed by atoms with E-state index < -0.39 is 6.23 Å². The molecule has 0 aliphatic rings. The van der Waals surface area contributed by atoms with E-state index in [-0.39, 0.29) is 0 Å². The molecule has 1 atom stereocenters. The fourth-order valence-electron chi connectivity index (χ4n) is 4.01. The van der Waals surface area contributed by atoms with Crippen LogP contribution in [0.2, 0.25) is 0 Å². The standard InChI is InChI=1S/C36H44N2O4/c1-4-6-8-9-23-37-24-22-29-10-16-33(17-11-29)38-36(39)21-15-32-28-31(14-20-35(32)40-3)30-12-18-34(19-13-30)42-27-26-41-25-7-5-2/h8-24,28,36,38-39H,4-7,25-27H2,1-3H3/b9-8+,21-15+,24-22+,37-23+. The lowest BCUT2D eigenvalue weighted by Crippen LogP contribution is -2.15. The number of rotatable bonds is 18. The first-order valence-corrected chi connectivity index (χ1v) is 14.7. The van der Waals surface area contributed by atoms with E-state index in [2.05, 4.69) is 30.2 Å². The molecule has 0 bridgehead atoms. The SMILES string of the molecule is CCC/C=C/C=N/C=C/c1ccc(NC(O)/C=C/c2cc(-c3ccc(OCCOCCCC)cc3)ccc2OC)cc1. The number of unbranched alkanes of at least 4 members (excludes halogenated alkanes) is 2. The lowest BCUT2D eigenvalue weighted by molar-refractivity contribution is 0.0981. The number of aliphatic hydroxyl groups is 1. The normalized spacial score (nSPS) is 12.6. The first-order valence-electron chi connectivity index (χ1n) is 14.7. The van der Waals surface area contributed by atoms with Crippen molar-refractivity contribution in [1.82, 2.24) is 0 Å². The van der Waals surface area contributed by atoms with E-state index in [1.54, 1.807) is 25.6 Å². The molecule has 0 saturated heterocycles. The van der Waals surface area contributed by atoms with Crippen LogP contribution in [0, 0.1) is 0 Å². The summed E-state index contributed by atoms with van der Waals surface area (Å²) in [6.45, 7) is 6.20. The van der Waals surface area contributed by atoms with Gasteiger partial charge in [-0.15, -0.1) is 0 Å². The fraction of sp³-hybridized carbons (Fsp3) is 0.306. The minimum atomic E-state index is -0.873. The third-order valence-corrected chi connectivity index (χ3v) is 6.36. The zero-order chi connectivity index (χ0) is 29.8. The molecule has 3 rings (SSSR count). The highest BCUT2D eigenvalue weighted by Gasteiger charge is 2.06. The molecule has 3 aromatic carbocycles. The molecule has 1 unspecified atom stereocenters. The summed E-state index contributed by atoms with van der Waals surface area (Å²) in [5.74, 6) is 1.54. The zero-order valence-electron chi connectivity index (χ0n) is 25.0. The van der Waals surface area contributed by atoms with Crippen molar-refractivity contribution in [2.24, 2.45) is 4.99 Å². The first kappa shape index (κ1) is 32.4. The van der Waals surface area contributed by atoms with Crippen molar-refractivity contribution in [3.05, 3.63) is 102 Å². The molecule has 42 heavy (non-hydrogen) atoms. The van der Waals surface area contributed by atoms with Gasteiger partial charge in [0.1, 0.15) is 24.3 Å². The topological polar surface area (TPSA) is 72.3 Å². The van der Waals surface area contributed by atoms with Crippen molar-refractivity contribution >= 4 is 24.1 Å². The monoisotopic (exact) mass is 568 g/mol. The van der Waals surface area contributed by atoms with Crippen LogP contribution in [0.3, 0.4) is 0 Å². The highest BCUT2D eigenvalue weighted by atomic mass is 16.5. The van der Waals surface area contributed by atoms with Crippen LogP contribution in [-0.2, 0) is 4.74 Å². The number of nitrogens with zero attached hydrogens (tertiary/aromatic N) is 1. The van der Waals surface area contributed by atoms with E-state index in [1.165, 1.54) is 0 Å². The van der Waals surface area contributed by atoms with Crippen molar-refractivity contribution in [3.8, 4) is 22.6 Å². The highest BCUT2D eigenvalue weighted by molar-refractivity contribution is 5.72.